The van der Waals surface area contributed by atoms with Crippen LogP contribution in [-0.4, -0.2) is 25.5 Å². The fourth-order valence-corrected chi connectivity index (χ4v) is 1.30. The third-order valence-corrected chi connectivity index (χ3v) is 2.09. The highest BCUT2D eigenvalue weighted by Crippen LogP contribution is 2.16. The first-order valence-electron chi connectivity index (χ1n) is 4.11. The molecule has 0 aromatic heterocycles. The molecule has 1 amide bonds. The van der Waals surface area contributed by atoms with Crippen LogP contribution in [0.15, 0.2) is 24.3 Å². The molecule has 1 aromatic rings. The van der Waals surface area contributed by atoms with Gasteiger partial charge in [-0.3, -0.25) is 14.9 Å². The van der Waals surface area contributed by atoms with Gasteiger partial charge < -0.3 is 9.87 Å². The van der Waals surface area contributed by atoms with E-state index in [1.165, 1.54) is 24.3 Å². The summed E-state index contributed by atoms with van der Waals surface area (Å²) in [4.78, 5) is 21.3. The number of nitrogens with one attached hydrogen (secondary N) is 1. The first-order valence-corrected chi connectivity index (χ1v) is 5.39. The van der Waals surface area contributed by atoms with Crippen LogP contribution in [0.25, 0.3) is 0 Å². The molecule has 0 aliphatic rings. The lowest BCUT2D eigenvalue weighted by Crippen LogP contribution is -2.27. The minimum atomic E-state index is -2.18. The van der Waals surface area contributed by atoms with Gasteiger partial charge in [-0.25, -0.2) is 4.21 Å². The van der Waals surface area contributed by atoms with E-state index in [1.54, 1.807) is 0 Å². The number of rotatable bonds is 4. The summed E-state index contributed by atoms with van der Waals surface area (Å²) in [6, 6.07) is 5.36. The van der Waals surface area contributed by atoms with E-state index in [0.717, 1.165) is 0 Å². The van der Waals surface area contributed by atoms with E-state index in [9.17, 15) is 19.1 Å². The predicted octanol–water partition coefficient (Wildman–Crippen LogP) is 0.504. The molecule has 8 heteroatoms. The summed E-state index contributed by atoms with van der Waals surface area (Å²) >= 11 is -2.18. The molecule has 0 spiro atoms. The maximum absolute atomic E-state index is 11.4. The molecule has 0 aliphatic heterocycles. The lowest BCUT2D eigenvalue weighted by Gasteiger charge is -2.02. The fourth-order valence-electron chi connectivity index (χ4n) is 1.05. The zero-order chi connectivity index (χ0) is 12.1. The van der Waals surface area contributed by atoms with E-state index in [1.807, 2.05) is 0 Å². The van der Waals surface area contributed by atoms with Crippen LogP contribution < -0.4 is 5.32 Å². The molecule has 0 bridgehead atoms. The third-order valence-electron chi connectivity index (χ3n) is 1.70. The monoisotopic (exact) mass is 244 g/mol. The van der Waals surface area contributed by atoms with Gasteiger partial charge in [0, 0.05) is 6.07 Å². The molecule has 1 rings (SSSR count). The Kier molecular flexibility index (Phi) is 4.09. The van der Waals surface area contributed by atoms with Crippen molar-refractivity contribution in [2.75, 3.05) is 5.88 Å². The average molecular weight is 244 g/mol. The Morgan fingerprint density at radius 2 is 2.12 bits per heavy atom. The van der Waals surface area contributed by atoms with Crippen molar-refractivity contribution >= 4 is 22.7 Å². The summed E-state index contributed by atoms with van der Waals surface area (Å²) in [5.41, 5.74) is -0.485. The summed E-state index contributed by atoms with van der Waals surface area (Å²) in [6.07, 6.45) is 0. The van der Waals surface area contributed by atoms with Gasteiger partial charge in [0.25, 0.3) is 11.6 Å². The Labute approximate surface area is 92.9 Å². The molecule has 0 saturated carbocycles. The quantitative estimate of drug-likeness (QED) is 0.455. The Morgan fingerprint density at radius 1 is 1.50 bits per heavy atom. The molecule has 2 N–H and O–H groups in total. The third kappa shape index (κ3) is 3.11. The van der Waals surface area contributed by atoms with Crippen LogP contribution >= 0.6 is 0 Å². The van der Waals surface area contributed by atoms with Crippen LogP contribution in [0, 0.1) is 10.1 Å². The number of carbonyl (C=O) groups is 1. The summed E-state index contributed by atoms with van der Waals surface area (Å²) < 4.78 is 18.8. The van der Waals surface area contributed by atoms with E-state index in [0.29, 0.717) is 0 Å². The van der Waals surface area contributed by atoms with Crippen LogP contribution in [-0.2, 0) is 11.1 Å². The predicted molar refractivity (Wildman–Crippen MR) is 56.2 cm³/mol. The van der Waals surface area contributed by atoms with Crippen LogP contribution in [0.4, 0.5) is 5.69 Å². The molecule has 86 valence electrons. The SMILES string of the molecule is O=C(NCS(=O)O)c1ccccc1[N+](=O)[O-]. The summed E-state index contributed by atoms with van der Waals surface area (Å²) in [6.45, 7) is 0. The van der Waals surface area contributed by atoms with E-state index in [2.05, 4.69) is 5.32 Å². The van der Waals surface area contributed by atoms with Gasteiger partial charge in [0.15, 0.2) is 11.1 Å². The molecule has 0 aliphatic carbocycles. The molecular formula is C8H8N2O5S. The lowest BCUT2D eigenvalue weighted by molar-refractivity contribution is -0.385. The van der Waals surface area contributed by atoms with Gasteiger partial charge in [-0.05, 0) is 6.07 Å². The second kappa shape index (κ2) is 5.33. The summed E-state index contributed by atoms with van der Waals surface area (Å²) in [7, 11) is 0. The van der Waals surface area contributed by atoms with Crippen molar-refractivity contribution in [3.8, 4) is 0 Å². The number of benzene rings is 1. The molecule has 1 unspecified atom stereocenters. The van der Waals surface area contributed by atoms with Crippen molar-refractivity contribution in [3.63, 3.8) is 0 Å². The standard InChI is InChI=1S/C8H8N2O5S/c11-8(9-5-16(14)15)6-3-1-2-4-7(6)10(12)13/h1-4H,5H2,(H,9,11)(H,14,15). The number of nitro benzene ring substituents is 1. The van der Waals surface area contributed by atoms with E-state index >= 15 is 0 Å². The number of carbonyl (C=O) groups excluding carboxylic acids is 1. The molecule has 0 saturated heterocycles. The first-order chi connectivity index (χ1) is 7.52. The van der Waals surface area contributed by atoms with Gasteiger partial charge in [-0.2, -0.15) is 0 Å². The first kappa shape index (κ1) is 12.3. The highest BCUT2D eigenvalue weighted by atomic mass is 32.2. The number of nitrogens with zero attached hydrogens (tertiary/aromatic N) is 1. The van der Waals surface area contributed by atoms with E-state index in [-0.39, 0.29) is 11.3 Å². The fraction of sp³-hybridized carbons (Fsp3) is 0.125. The minimum Gasteiger partial charge on any atom is -0.338 e. The largest absolute Gasteiger partial charge is 0.338 e. The van der Waals surface area contributed by atoms with E-state index in [4.69, 9.17) is 4.55 Å². The highest BCUT2D eigenvalue weighted by Gasteiger charge is 2.18. The highest BCUT2D eigenvalue weighted by molar-refractivity contribution is 7.79. The van der Waals surface area contributed by atoms with Gasteiger partial charge >= 0.3 is 0 Å². The Balaban J connectivity index is 2.90. The average Bonchev–Trinajstić information content (AvgIpc) is 2.25. The molecular weight excluding hydrogens is 236 g/mol. The smallest absolute Gasteiger partial charge is 0.282 e. The van der Waals surface area contributed by atoms with Gasteiger partial charge in [-0.1, -0.05) is 12.1 Å². The van der Waals surface area contributed by atoms with Crippen molar-refractivity contribution in [3.05, 3.63) is 39.9 Å². The molecule has 7 nitrogen and oxygen atoms in total. The Bertz CT molecular complexity index is 448. The van der Waals surface area contributed by atoms with Crippen LogP contribution in [0.1, 0.15) is 10.4 Å². The summed E-state index contributed by atoms with van der Waals surface area (Å²) in [5, 5.41) is 12.7. The maximum atomic E-state index is 11.4. The van der Waals surface area contributed by atoms with Crippen LogP contribution in [0.5, 0.6) is 0 Å². The number of hydrogen-bond donors (Lipinski definition) is 2. The number of para-hydroxylation sites is 1. The number of hydrogen-bond acceptors (Lipinski definition) is 4. The van der Waals surface area contributed by atoms with Crippen molar-refractivity contribution in [2.45, 2.75) is 0 Å². The zero-order valence-corrected chi connectivity index (χ0v) is 8.77. The zero-order valence-electron chi connectivity index (χ0n) is 7.95. The van der Waals surface area contributed by atoms with Crippen molar-refractivity contribution in [1.29, 1.82) is 0 Å². The molecule has 0 radical (unpaired) electrons. The van der Waals surface area contributed by atoms with E-state index < -0.39 is 27.8 Å². The number of amides is 1. The topological polar surface area (TPSA) is 110 Å². The molecule has 1 aromatic carbocycles. The van der Waals surface area contributed by atoms with Crippen molar-refractivity contribution < 1.29 is 18.5 Å². The normalized spacial score (nSPS) is 11.8. The lowest BCUT2D eigenvalue weighted by atomic mass is 10.2. The molecule has 1 atom stereocenters. The molecule has 0 heterocycles. The van der Waals surface area contributed by atoms with Gasteiger partial charge in [0.05, 0.1) is 4.92 Å². The maximum Gasteiger partial charge on any atom is 0.282 e. The molecule has 16 heavy (non-hydrogen) atoms. The Morgan fingerprint density at radius 3 is 2.69 bits per heavy atom. The Hall–Kier alpha value is -1.80. The van der Waals surface area contributed by atoms with Gasteiger partial charge in [0.2, 0.25) is 0 Å². The summed E-state index contributed by atoms with van der Waals surface area (Å²) in [5.74, 6) is -1.22. The molecule has 0 fully saturated rings. The minimum absolute atomic E-state index is 0.141. The van der Waals surface area contributed by atoms with Crippen LogP contribution in [0.3, 0.4) is 0 Å². The van der Waals surface area contributed by atoms with Crippen molar-refractivity contribution in [2.24, 2.45) is 0 Å². The second-order valence-electron chi connectivity index (χ2n) is 2.75. The second-order valence-corrected chi connectivity index (χ2v) is 3.68. The van der Waals surface area contributed by atoms with Gasteiger partial charge in [-0.15, -0.1) is 0 Å². The van der Waals surface area contributed by atoms with Crippen LogP contribution in [0.2, 0.25) is 0 Å². The van der Waals surface area contributed by atoms with Crippen molar-refractivity contribution in [1.82, 2.24) is 5.32 Å². The number of nitro groups is 1. The van der Waals surface area contributed by atoms with Gasteiger partial charge in [0.1, 0.15) is 11.4 Å².